The van der Waals surface area contributed by atoms with Crippen LogP contribution in [0.15, 0.2) is 4.99 Å². The van der Waals surface area contributed by atoms with Gasteiger partial charge in [0.2, 0.25) is 0 Å². The fourth-order valence-corrected chi connectivity index (χ4v) is 1.47. The zero-order valence-electron chi connectivity index (χ0n) is 10.8. The number of guanidine groups is 1. The van der Waals surface area contributed by atoms with Gasteiger partial charge in [-0.2, -0.15) is 0 Å². The lowest BCUT2D eigenvalue weighted by atomic mass is 9.87. The Morgan fingerprint density at radius 3 is 2.47 bits per heavy atom. The maximum atomic E-state index is 5.69. The summed E-state index contributed by atoms with van der Waals surface area (Å²) >= 11 is 0. The Balaban J connectivity index is 3.85. The molecule has 0 aliphatic heterocycles. The molecule has 0 rings (SSSR count). The molecule has 0 aliphatic carbocycles. The van der Waals surface area contributed by atoms with E-state index in [0.717, 1.165) is 13.1 Å². The molecule has 0 amide bonds. The van der Waals surface area contributed by atoms with E-state index in [1.165, 1.54) is 25.7 Å². The largest absolute Gasteiger partial charge is 0.370 e. The van der Waals surface area contributed by atoms with Crippen LogP contribution >= 0.6 is 0 Å². The summed E-state index contributed by atoms with van der Waals surface area (Å²) in [6, 6.07) is 0. The minimum absolute atomic E-state index is 0.273. The van der Waals surface area contributed by atoms with E-state index in [9.17, 15) is 0 Å². The Morgan fingerprint density at radius 2 is 1.93 bits per heavy atom. The SMILES string of the molecule is CCCCCC(C)(C)CN=C(N)NCC. The topological polar surface area (TPSA) is 50.4 Å². The molecular formula is C12H27N3. The van der Waals surface area contributed by atoms with Crippen LogP contribution in [-0.4, -0.2) is 19.0 Å². The minimum Gasteiger partial charge on any atom is -0.370 e. The van der Waals surface area contributed by atoms with Crippen LogP contribution in [0.1, 0.15) is 53.4 Å². The van der Waals surface area contributed by atoms with Crippen LogP contribution in [0.2, 0.25) is 0 Å². The van der Waals surface area contributed by atoms with Gasteiger partial charge in [-0.05, 0) is 18.8 Å². The van der Waals surface area contributed by atoms with Crippen molar-refractivity contribution in [2.45, 2.75) is 53.4 Å². The van der Waals surface area contributed by atoms with Crippen LogP contribution in [0, 0.1) is 5.41 Å². The predicted octanol–water partition coefficient (Wildman–Crippen LogP) is 2.52. The summed E-state index contributed by atoms with van der Waals surface area (Å²) in [6.45, 7) is 10.4. The first kappa shape index (κ1) is 14.3. The van der Waals surface area contributed by atoms with Crippen molar-refractivity contribution < 1.29 is 0 Å². The molecule has 0 radical (unpaired) electrons. The molecule has 0 aromatic carbocycles. The predicted molar refractivity (Wildman–Crippen MR) is 68.1 cm³/mol. The summed E-state index contributed by atoms with van der Waals surface area (Å²) < 4.78 is 0. The maximum Gasteiger partial charge on any atom is 0.188 e. The Labute approximate surface area is 94.5 Å². The average molecular weight is 213 g/mol. The molecule has 0 aromatic heterocycles. The summed E-state index contributed by atoms with van der Waals surface area (Å²) in [4.78, 5) is 4.35. The van der Waals surface area contributed by atoms with Crippen molar-refractivity contribution in [1.82, 2.24) is 5.32 Å². The second kappa shape index (κ2) is 7.55. The molecule has 0 spiro atoms. The van der Waals surface area contributed by atoms with Crippen molar-refractivity contribution in [3.05, 3.63) is 0 Å². The number of aliphatic imine (C=N–C) groups is 1. The van der Waals surface area contributed by atoms with Crippen LogP contribution in [0.5, 0.6) is 0 Å². The molecule has 0 bridgehead atoms. The van der Waals surface area contributed by atoms with E-state index in [2.05, 4.69) is 31.1 Å². The van der Waals surface area contributed by atoms with Crippen LogP contribution in [0.4, 0.5) is 0 Å². The number of nitrogens with one attached hydrogen (secondary N) is 1. The number of hydrogen-bond donors (Lipinski definition) is 2. The highest BCUT2D eigenvalue weighted by Gasteiger charge is 2.16. The molecule has 0 unspecified atom stereocenters. The van der Waals surface area contributed by atoms with E-state index < -0.39 is 0 Å². The minimum atomic E-state index is 0.273. The van der Waals surface area contributed by atoms with Gasteiger partial charge in [-0.25, -0.2) is 0 Å². The summed E-state index contributed by atoms with van der Waals surface area (Å²) in [6.07, 6.45) is 5.11. The van der Waals surface area contributed by atoms with Crippen molar-refractivity contribution in [3.63, 3.8) is 0 Å². The second-order valence-corrected chi connectivity index (χ2v) is 4.85. The van der Waals surface area contributed by atoms with Crippen molar-refractivity contribution in [1.29, 1.82) is 0 Å². The van der Waals surface area contributed by atoms with Gasteiger partial charge < -0.3 is 11.1 Å². The number of rotatable bonds is 7. The quantitative estimate of drug-likeness (QED) is 0.388. The Kier molecular flexibility index (Phi) is 7.18. The van der Waals surface area contributed by atoms with Gasteiger partial charge in [0.15, 0.2) is 5.96 Å². The summed E-state index contributed by atoms with van der Waals surface area (Å²) in [5.41, 5.74) is 5.96. The number of nitrogens with zero attached hydrogens (tertiary/aromatic N) is 1. The number of unbranched alkanes of at least 4 members (excludes halogenated alkanes) is 2. The highest BCUT2D eigenvalue weighted by atomic mass is 15.1. The maximum absolute atomic E-state index is 5.69. The Bertz CT molecular complexity index is 185. The van der Waals surface area contributed by atoms with Gasteiger partial charge in [0.25, 0.3) is 0 Å². The normalized spacial score (nSPS) is 12.9. The lowest BCUT2D eigenvalue weighted by molar-refractivity contribution is 0.333. The summed E-state index contributed by atoms with van der Waals surface area (Å²) in [5, 5.41) is 3.01. The fraction of sp³-hybridized carbons (Fsp3) is 0.917. The smallest absolute Gasteiger partial charge is 0.188 e. The number of nitrogens with two attached hydrogens (primary N) is 1. The zero-order valence-corrected chi connectivity index (χ0v) is 10.8. The second-order valence-electron chi connectivity index (χ2n) is 4.85. The average Bonchev–Trinajstić information content (AvgIpc) is 2.16. The van der Waals surface area contributed by atoms with Crippen molar-refractivity contribution in [3.8, 4) is 0 Å². The van der Waals surface area contributed by atoms with E-state index >= 15 is 0 Å². The highest BCUT2D eigenvalue weighted by molar-refractivity contribution is 5.77. The van der Waals surface area contributed by atoms with E-state index in [0.29, 0.717) is 5.96 Å². The van der Waals surface area contributed by atoms with Crippen molar-refractivity contribution >= 4 is 5.96 Å². The van der Waals surface area contributed by atoms with Crippen LogP contribution in [0.25, 0.3) is 0 Å². The molecule has 3 heteroatoms. The number of hydrogen-bond acceptors (Lipinski definition) is 1. The van der Waals surface area contributed by atoms with Gasteiger partial charge in [-0.1, -0.05) is 40.0 Å². The van der Waals surface area contributed by atoms with Gasteiger partial charge in [0.1, 0.15) is 0 Å². The molecule has 0 saturated heterocycles. The molecule has 3 N–H and O–H groups in total. The summed E-state index contributed by atoms with van der Waals surface area (Å²) in [5.74, 6) is 0.570. The molecule has 0 aromatic rings. The van der Waals surface area contributed by atoms with Gasteiger partial charge in [-0.3, -0.25) is 4.99 Å². The molecule has 0 saturated carbocycles. The first-order valence-electron chi connectivity index (χ1n) is 6.05. The standard InChI is InChI=1S/C12H27N3/c1-5-7-8-9-12(3,4)10-15-11(13)14-6-2/h5-10H2,1-4H3,(H3,13,14,15). The Hall–Kier alpha value is -0.730. The lowest BCUT2D eigenvalue weighted by Gasteiger charge is -2.22. The monoisotopic (exact) mass is 213 g/mol. The third-order valence-corrected chi connectivity index (χ3v) is 2.49. The van der Waals surface area contributed by atoms with Crippen LogP contribution < -0.4 is 11.1 Å². The molecule has 0 atom stereocenters. The molecule has 0 fully saturated rings. The molecule has 3 nitrogen and oxygen atoms in total. The van der Waals surface area contributed by atoms with Crippen LogP contribution in [0.3, 0.4) is 0 Å². The van der Waals surface area contributed by atoms with Crippen molar-refractivity contribution in [2.75, 3.05) is 13.1 Å². The molecule has 15 heavy (non-hydrogen) atoms. The first-order chi connectivity index (χ1) is 7.02. The van der Waals surface area contributed by atoms with E-state index in [-0.39, 0.29) is 5.41 Å². The molecule has 0 aliphatic rings. The van der Waals surface area contributed by atoms with Gasteiger partial charge in [0, 0.05) is 13.1 Å². The first-order valence-corrected chi connectivity index (χ1v) is 6.05. The van der Waals surface area contributed by atoms with Crippen molar-refractivity contribution in [2.24, 2.45) is 16.1 Å². The molecule has 0 heterocycles. The van der Waals surface area contributed by atoms with Gasteiger partial charge in [0.05, 0.1) is 0 Å². The summed E-state index contributed by atoms with van der Waals surface area (Å²) in [7, 11) is 0. The fourth-order valence-electron chi connectivity index (χ4n) is 1.47. The van der Waals surface area contributed by atoms with E-state index in [4.69, 9.17) is 5.73 Å². The molecular weight excluding hydrogens is 186 g/mol. The highest BCUT2D eigenvalue weighted by Crippen LogP contribution is 2.23. The lowest BCUT2D eigenvalue weighted by Crippen LogP contribution is -2.32. The van der Waals surface area contributed by atoms with E-state index in [1.807, 2.05) is 6.92 Å². The third kappa shape index (κ3) is 8.28. The van der Waals surface area contributed by atoms with Gasteiger partial charge >= 0.3 is 0 Å². The molecule has 90 valence electrons. The Morgan fingerprint density at radius 1 is 1.27 bits per heavy atom. The zero-order chi connectivity index (χ0) is 11.7. The van der Waals surface area contributed by atoms with Crippen LogP contribution in [-0.2, 0) is 0 Å². The third-order valence-electron chi connectivity index (χ3n) is 2.49. The van der Waals surface area contributed by atoms with E-state index in [1.54, 1.807) is 0 Å². The van der Waals surface area contributed by atoms with Gasteiger partial charge in [-0.15, -0.1) is 0 Å².